The van der Waals surface area contributed by atoms with Gasteiger partial charge < -0.3 is 16.2 Å². The average molecular weight is 379 g/mol. The smallest absolute Gasteiger partial charge is 0.250 e. The molecule has 0 radical (unpaired) electrons. The van der Waals surface area contributed by atoms with Gasteiger partial charge in [-0.25, -0.2) is 0 Å². The van der Waals surface area contributed by atoms with Gasteiger partial charge in [-0.15, -0.1) is 0 Å². The number of aliphatic hydroxyl groups excluding tert-OH is 1. The summed E-state index contributed by atoms with van der Waals surface area (Å²) in [7, 11) is 0. The number of aliphatic hydroxyl groups is 1. The van der Waals surface area contributed by atoms with Crippen LogP contribution in [0.2, 0.25) is 10.0 Å². The van der Waals surface area contributed by atoms with Crippen molar-refractivity contribution >= 4 is 34.8 Å². The van der Waals surface area contributed by atoms with Gasteiger partial charge in [0, 0.05) is 21.8 Å². The van der Waals surface area contributed by atoms with Crippen molar-refractivity contribution in [3.05, 3.63) is 52.0 Å². The molecule has 4 nitrogen and oxygen atoms in total. The highest BCUT2D eigenvalue weighted by molar-refractivity contribution is 6.35. The van der Waals surface area contributed by atoms with Gasteiger partial charge in [-0.2, -0.15) is 0 Å². The Kier molecular flexibility index (Phi) is 5.52. The number of nitrogens with one attached hydrogen (secondary N) is 1. The standard InChI is InChI=1S/C19H20Cl2N2O2/c20-13-7-12(8-14(21)10-13)11-1-6-18(17(9-11)19(22)25)23-15-2-4-16(24)5-3-15/h1,6-10,15-16,23-24H,2-5H2,(H2,22,25). The first-order chi connectivity index (χ1) is 11.9. The van der Waals surface area contributed by atoms with Crippen LogP contribution in [0.25, 0.3) is 11.1 Å². The minimum Gasteiger partial charge on any atom is -0.393 e. The molecule has 0 bridgehead atoms. The van der Waals surface area contributed by atoms with Crippen LogP contribution in [-0.2, 0) is 0 Å². The maximum atomic E-state index is 11.9. The number of benzene rings is 2. The molecule has 132 valence electrons. The topological polar surface area (TPSA) is 75.4 Å². The van der Waals surface area contributed by atoms with Crippen molar-refractivity contribution in [3.8, 4) is 11.1 Å². The van der Waals surface area contributed by atoms with Gasteiger partial charge >= 0.3 is 0 Å². The van der Waals surface area contributed by atoms with E-state index in [9.17, 15) is 9.90 Å². The molecule has 0 aromatic heterocycles. The summed E-state index contributed by atoms with van der Waals surface area (Å²) in [5, 5.41) is 14.1. The number of carbonyl (C=O) groups is 1. The maximum absolute atomic E-state index is 11.9. The van der Waals surface area contributed by atoms with Crippen LogP contribution in [0.15, 0.2) is 36.4 Å². The summed E-state index contributed by atoms with van der Waals surface area (Å²) >= 11 is 12.1. The van der Waals surface area contributed by atoms with E-state index in [4.69, 9.17) is 28.9 Å². The lowest BCUT2D eigenvalue weighted by molar-refractivity contribution is 0.100. The van der Waals surface area contributed by atoms with Crippen LogP contribution < -0.4 is 11.1 Å². The fraction of sp³-hybridized carbons (Fsp3) is 0.316. The van der Waals surface area contributed by atoms with E-state index < -0.39 is 5.91 Å². The lowest BCUT2D eigenvalue weighted by Crippen LogP contribution is -2.29. The molecule has 0 unspecified atom stereocenters. The number of halogens is 2. The third kappa shape index (κ3) is 4.46. The zero-order valence-electron chi connectivity index (χ0n) is 13.6. The van der Waals surface area contributed by atoms with Gasteiger partial charge in [-0.3, -0.25) is 4.79 Å². The van der Waals surface area contributed by atoms with Crippen molar-refractivity contribution in [2.24, 2.45) is 5.73 Å². The number of nitrogens with two attached hydrogens (primary N) is 1. The van der Waals surface area contributed by atoms with E-state index >= 15 is 0 Å². The predicted molar refractivity (Wildman–Crippen MR) is 102 cm³/mol. The molecule has 0 heterocycles. The number of primary amides is 1. The molecule has 2 aromatic carbocycles. The van der Waals surface area contributed by atoms with Crippen molar-refractivity contribution in [3.63, 3.8) is 0 Å². The van der Waals surface area contributed by atoms with Gasteiger partial charge in [0.2, 0.25) is 0 Å². The van der Waals surface area contributed by atoms with Crippen molar-refractivity contribution < 1.29 is 9.90 Å². The van der Waals surface area contributed by atoms with E-state index in [1.54, 1.807) is 24.3 Å². The normalized spacial score (nSPS) is 20.3. The molecule has 1 saturated carbocycles. The first kappa shape index (κ1) is 18.1. The molecule has 6 heteroatoms. The second-order valence-corrected chi connectivity index (χ2v) is 7.31. The fourth-order valence-corrected chi connectivity index (χ4v) is 3.74. The van der Waals surface area contributed by atoms with E-state index in [2.05, 4.69) is 5.32 Å². The number of carbonyl (C=O) groups excluding carboxylic acids is 1. The summed E-state index contributed by atoms with van der Waals surface area (Å²) in [6.07, 6.45) is 3.05. The number of hydrogen-bond donors (Lipinski definition) is 3. The van der Waals surface area contributed by atoms with E-state index in [1.807, 2.05) is 12.1 Å². The largest absolute Gasteiger partial charge is 0.393 e. The van der Waals surface area contributed by atoms with E-state index in [1.165, 1.54) is 0 Å². The summed E-state index contributed by atoms with van der Waals surface area (Å²) in [6, 6.07) is 11.0. The van der Waals surface area contributed by atoms with Crippen molar-refractivity contribution in [2.75, 3.05) is 5.32 Å². The lowest BCUT2D eigenvalue weighted by Gasteiger charge is -2.27. The third-order valence-electron chi connectivity index (χ3n) is 4.54. The molecule has 4 N–H and O–H groups in total. The highest BCUT2D eigenvalue weighted by Crippen LogP contribution is 2.31. The molecule has 0 saturated heterocycles. The second-order valence-electron chi connectivity index (χ2n) is 6.43. The zero-order chi connectivity index (χ0) is 18.0. The molecule has 3 rings (SSSR count). The number of amides is 1. The summed E-state index contributed by atoms with van der Waals surface area (Å²) in [5.74, 6) is -0.492. The molecular weight excluding hydrogens is 359 g/mol. The predicted octanol–water partition coefficient (Wildman–Crippen LogP) is 4.47. The Balaban J connectivity index is 1.89. The summed E-state index contributed by atoms with van der Waals surface area (Å²) in [4.78, 5) is 11.9. The Bertz CT molecular complexity index is 767. The Labute approximate surface area is 156 Å². The fourth-order valence-electron chi connectivity index (χ4n) is 3.21. The molecule has 1 aliphatic rings. The van der Waals surface area contributed by atoms with Crippen molar-refractivity contribution in [2.45, 2.75) is 37.8 Å². The molecule has 1 aliphatic carbocycles. The van der Waals surface area contributed by atoms with Crippen LogP contribution in [0.3, 0.4) is 0 Å². The zero-order valence-corrected chi connectivity index (χ0v) is 15.1. The Morgan fingerprint density at radius 2 is 1.64 bits per heavy atom. The minimum absolute atomic E-state index is 0.219. The van der Waals surface area contributed by atoms with Gasteiger partial charge in [0.1, 0.15) is 0 Å². The SMILES string of the molecule is NC(=O)c1cc(-c2cc(Cl)cc(Cl)c2)ccc1NC1CCC(O)CC1. The molecular formula is C19H20Cl2N2O2. The molecule has 0 atom stereocenters. The number of rotatable bonds is 4. The van der Waals surface area contributed by atoms with Crippen LogP contribution in [-0.4, -0.2) is 23.2 Å². The van der Waals surface area contributed by atoms with Crippen molar-refractivity contribution in [1.82, 2.24) is 0 Å². The highest BCUT2D eigenvalue weighted by atomic mass is 35.5. The van der Waals surface area contributed by atoms with Crippen LogP contribution in [0.4, 0.5) is 5.69 Å². The van der Waals surface area contributed by atoms with Gasteiger partial charge in [0.15, 0.2) is 0 Å². The number of hydrogen-bond acceptors (Lipinski definition) is 3. The first-order valence-corrected chi connectivity index (χ1v) is 9.03. The van der Waals surface area contributed by atoms with Gasteiger partial charge in [0.05, 0.1) is 11.7 Å². The molecule has 0 spiro atoms. The van der Waals surface area contributed by atoms with Gasteiger partial charge in [-0.05, 0) is 67.1 Å². The third-order valence-corrected chi connectivity index (χ3v) is 4.97. The summed E-state index contributed by atoms with van der Waals surface area (Å²) < 4.78 is 0. The molecule has 1 amide bonds. The monoisotopic (exact) mass is 378 g/mol. The van der Waals surface area contributed by atoms with Crippen LogP contribution in [0.1, 0.15) is 36.0 Å². The summed E-state index contributed by atoms with van der Waals surface area (Å²) in [5.41, 5.74) is 8.37. The van der Waals surface area contributed by atoms with E-state index in [-0.39, 0.29) is 12.1 Å². The molecule has 1 fully saturated rings. The van der Waals surface area contributed by atoms with E-state index in [0.29, 0.717) is 21.3 Å². The number of anilines is 1. The Morgan fingerprint density at radius 1 is 1.00 bits per heavy atom. The maximum Gasteiger partial charge on any atom is 0.250 e. The van der Waals surface area contributed by atoms with Crippen LogP contribution in [0.5, 0.6) is 0 Å². The van der Waals surface area contributed by atoms with Gasteiger partial charge in [0.25, 0.3) is 5.91 Å². The second kappa shape index (κ2) is 7.65. The lowest BCUT2D eigenvalue weighted by atomic mass is 9.92. The van der Waals surface area contributed by atoms with E-state index in [0.717, 1.165) is 36.8 Å². The molecule has 2 aromatic rings. The van der Waals surface area contributed by atoms with Crippen LogP contribution in [0, 0.1) is 0 Å². The molecule has 25 heavy (non-hydrogen) atoms. The average Bonchev–Trinajstić information content (AvgIpc) is 2.56. The van der Waals surface area contributed by atoms with Crippen molar-refractivity contribution in [1.29, 1.82) is 0 Å². The first-order valence-electron chi connectivity index (χ1n) is 8.27. The quantitative estimate of drug-likeness (QED) is 0.734. The Morgan fingerprint density at radius 3 is 2.24 bits per heavy atom. The molecule has 0 aliphatic heterocycles. The highest BCUT2D eigenvalue weighted by Gasteiger charge is 2.21. The Hall–Kier alpha value is -1.75. The summed E-state index contributed by atoms with van der Waals surface area (Å²) in [6.45, 7) is 0. The minimum atomic E-state index is -0.492. The van der Waals surface area contributed by atoms with Crippen LogP contribution >= 0.6 is 23.2 Å². The van der Waals surface area contributed by atoms with Gasteiger partial charge in [-0.1, -0.05) is 29.3 Å².